The van der Waals surface area contributed by atoms with Gasteiger partial charge >= 0.3 is 0 Å². The van der Waals surface area contributed by atoms with Gasteiger partial charge in [0.15, 0.2) is 0 Å². The highest BCUT2D eigenvalue weighted by atomic mass is 16.6. The topological polar surface area (TPSA) is 66.2 Å². The summed E-state index contributed by atoms with van der Waals surface area (Å²) in [6.07, 6.45) is 1.90. The van der Waals surface area contributed by atoms with E-state index in [9.17, 15) is 15.2 Å². The second kappa shape index (κ2) is 3.71. The maximum Gasteiger partial charge on any atom is 0.269 e. The van der Waals surface area contributed by atoms with Crippen molar-refractivity contribution in [1.29, 1.82) is 0 Å². The van der Waals surface area contributed by atoms with E-state index < -0.39 is 4.92 Å². The van der Waals surface area contributed by atoms with E-state index in [4.69, 9.17) is 0 Å². The SMILES string of the molecule is C=CCc1cc([N+](=O)[O-])ccc1[O-]. The first kappa shape index (κ1) is 9.25. The molecule has 13 heavy (non-hydrogen) atoms. The molecule has 0 N–H and O–H groups in total. The zero-order valence-corrected chi connectivity index (χ0v) is 6.90. The predicted molar refractivity (Wildman–Crippen MR) is 46.4 cm³/mol. The van der Waals surface area contributed by atoms with E-state index in [0.717, 1.165) is 0 Å². The molecule has 0 fully saturated rings. The number of nitrogens with zero attached hydrogens (tertiary/aromatic N) is 1. The zero-order valence-electron chi connectivity index (χ0n) is 6.90. The fourth-order valence-electron chi connectivity index (χ4n) is 0.994. The van der Waals surface area contributed by atoms with Crippen LogP contribution in [0.15, 0.2) is 30.9 Å². The highest BCUT2D eigenvalue weighted by Gasteiger charge is 2.05. The molecular formula is C9H8NO3-. The standard InChI is InChI=1S/C9H9NO3/c1-2-3-7-6-8(10(12)13)4-5-9(7)11/h2,4-6,11H,1,3H2/p-1. The molecule has 1 rings (SSSR count). The van der Waals surface area contributed by atoms with Crippen LogP contribution in [0.25, 0.3) is 0 Å². The summed E-state index contributed by atoms with van der Waals surface area (Å²) in [4.78, 5) is 9.82. The van der Waals surface area contributed by atoms with Crippen LogP contribution in [-0.2, 0) is 6.42 Å². The molecule has 0 radical (unpaired) electrons. The Bertz CT molecular complexity index is 347. The lowest BCUT2D eigenvalue weighted by atomic mass is 10.1. The second-order valence-corrected chi connectivity index (χ2v) is 2.54. The molecule has 0 aliphatic rings. The summed E-state index contributed by atoms with van der Waals surface area (Å²) in [6.45, 7) is 3.46. The van der Waals surface area contributed by atoms with Crippen molar-refractivity contribution in [2.24, 2.45) is 0 Å². The maximum atomic E-state index is 11.1. The molecule has 0 unspecified atom stereocenters. The largest absolute Gasteiger partial charge is 0.872 e. The number of nitro groups is 1. The van der Waals surface area contributed by atoms with Gasteiger partial charge in [0.1, 0.15) is 0 Å². The molecule has 0 aliphatic heterocycles. The van der Waals surface area contributed by atoms with Crippen molar-refractivity contribution in [2.75, 3.05) is 0 Å². The van der Waals surface area contributed by atoms with Crippen LogP contribution in [0.1, 0.15) is 5.56 Å². The Morgan fingerprint density at radius 1 is 1.54 bits per heavy atom. The van der Waals surface area contributed by atoms with Gasteiger partial charge in [-0.2, -0.15) is 0 Å². The van der Waals surface area contributed by atoms with Crippen molar-refractivity contribution in [1.82, 2.24) is 0 Å². The molecule has 0 amide bonds. The molecule has 4 heteroatoms. The molecule has 4 nitrogen and oxygen atoms in total. The quantitative estimate of drug-likeness (QED) is 0.399. The molecule has 68 valence electrons. The summed E-state index contributed by atoms with van der Waals surface area (Å²) in [5.41, 5.74) is 0.348. The van der Waals surface area contributed by atoms with E-state index in [0.29, 0.717) is 12.0 Å². The van der Waals surface area contributed by atoms with Crippen LogP contribution in [0, 0.1) is 10.1 Å². The Morgan fingerprint density at radius 2 is 2.23 bits per heavy atom. The van der Waals surface area contributed by atoms with Crippen LogP contribution < -0.4 is 5.11 Å². The number of hydrogen-bond acceptors (Lipinski definition) is 3. The van der Waals surface area contributed by atoms with E-state index in [-0.39, 0.29) is 11.4 Å². The van der Waals surface area contributed by atoms with Gasteiger partial charge in [0.05, 0.1) is 4.92 Å². The number of nitro benzene ring substituents is 1. The smallest absolute Gasteiger partial charge is 0.269 e. The van der Waals surface area contributed by atoms with Crippen molar-refractivity contribution >= 4 is 5.69 Å². The number of allylic oxidation sites excluding steroid dienone is 1. The molecule has 1 aromatic carbocycles. The first-order valence-corrected chi connectivity index (χ1v) is 3.70. The molecule has 0 heterocycles. The van der Waals surface area contributed by atoms with Crippen LogP contribution in [-0.4, -0.2) is 4.92 Å². The summed E-state index contributed by atoms with van der Waals surface area (Å²) in [5, 5.41) is 21.5. The molecule has 0 atom stereocenters. The summed E-state index contributed by atoms with van der Waals surface area (Å²) < 4.78 is 0. The van der Waals surface area contributed by atoms with Crippen molar-refractivity contribution < 1.29 is 10.0 Å². The predicted octanol–water partition coefficient (Wildman–Crippen LogP) is 1.40. The lowest BCUT2D eigenvalue weighted by Gasteiger charge is -2.10. The van der Waals surface area contributed by atoms with E-state index in [1.807, 2.05) is 0 Å². The molecule has 0 saturated heterocycles. The van der Waals surface area contributed by atoms with Gasteiger partial charge < -0.3 is 5.11 Å². The summed E-state index contributed by atoms with van der Waals surface area (Å²) in [6, 6.07) is 3.69. The summed E-state index contributed by atoms with van der Waals surface area (Å²) in [7, 11) is 0. The van der Waals surface area contributed by atoms with Crippen molar-refractivity contribution in [3.05, 3.63) is 46.5 Å². The minimum atomic E-state index is -0.522. The monoisotopic (exact) mass is 178 g/mol. The van der Waals surface area contributed by atoms with Gasteiger partial charge in [0, 0.05) is 12.1 Å². The van der Waals surface area contributed by atoms with Gasteiger partial charge in [-0.05, 0) is 12.0 Å². The Morgan fingerprint density at radius 3 is 2.77 bits per heavy atom. The Hall–Kier alpha value is -1.84. The highest BCUT2D eigenvalue weighted by Crippen LogP contribution is 2.21. The van der Waals surface area contributed by atoms with Crippen molar-refractivity contribution in [2.45, 2.75) is 6.42 Å². The summed E-state index contributed by atoms with van der Waals surface area (Å²) >= 11 is 0. The first-order chi connectivity index (χ1) is 6.15. The van der Waals surface area contributed by atoms with Crippen LogP contribution in [0.4, 0.5) is 5.69 Å². The fourth-order valence-corrected chi connectivity index (χ4v) is 0.994. The normalized spacial score (nSPS) is 9.54. The molecule has 0 aliphatic carbocycles. The van der Waals surface area contributed by atoms with E-state index in [1.54, 1.807) is 6.08 Å². The van der Waals surface area contributed by atoms with Gasteiger partial charge in [0.2, 0.25) is 0 Å². The highest BCUT2D eigenvalue weighted by molar-refractivity contribution is 5.43. The lowest BCUT2D eigenvalue weighted by molar-refractivity contribution is -0.385. The van der Waals surface area contributed by atoms with Crippen LogP contribution in [0.3, 0.4) is 0 Å². The average Bonchev–Trinajstić information content (AvgIpc) is 2.08. The van der Waals surface area contributed by atoms with Gasteiger partial charge in [-0.1, -0.05) is 12.1 Å². The Kier molecular flexibility index (Phi) is 2.64. The molecule has 0 bridgehead atoms. The minimum Gasteiger partial charge on any atom is -0.872 e. The molecular weight excluding hydrogens is 170 g/mol. The third-order valence-corrected chi connectivity index (χ3v) is 1.62. The first-order valence-electron chi connectivity index (χ1n) is 3.70. The number of benzene rings is 1. The van der Waals surface area contributed by atoms with Gasteiger partial charge in [0.25, 0.3) is 5.69 Å². The lowest BCUT2D eigenvalue weighted by Crippen LogP contribution is -1.97. The third kappa shape index (κ3) is 2.05. The van der Waals surface area contributed by atoms with Gasteiger partial charge in [-0.25, -0.2) is 0 Å². The Labute approximate surface area is 75.3 Å². The van der Waals surface area contributed by atoms with Gasteiger partial charge in [-0.3, -0.25) is 10.1 Å². The molecule has 1 aromatic rings. The van der Waals surface area contributed by atoms with E-state index in [2.05, 4.69) is 6.58 Å². The third-order valence-electron chi connectivity index (χ3n) is 1.62. The number of non-ortho nitro benzene ring substituents is 1. The van der Waals surface area contributed by atoms with Crippen LogP contribution >= 0.6 is 0 Å². The maximum absolute atomic E-state index is 11.1. The second-order valence-electron chi connectivity index (χ2n) is 2.54. The fraction of sp³-hybridized carbons (Fsp3) is 0.111. The number of hydrogen-bond donors (Lipinski definition) is 0. The molecule has 0 spiro atoms. The Balaban J connectivity index is 3.10. The van der Waals surface area contributed by atoms with E-state index in [1.165, 1.54) is 18.2 Å². The average molecular weight is 178 g/mol. The number of rotatable bonds is 3. The van der Waals surface area contributed by atoms with E-state index >= 15 is 0 Å². The zero-order chi connectivity index (χ0) is 9.84. The van der Waals surface area contributed by atoms with Crippen molar-refractivity contribution in [3.63, 3.8) is 0 Å². The molecule has 0 aromatic heterocycles. The van der Waals surface area contributed by atoms with Crippen molar-refractivity contribution in [3.8, 4) is 5.75 Å². The molecule has 0 saturated carbocycles. The minimum absolute atomic E-state index is 0.0588. The van der Waals surface area contributed by atoms with Crippen LogP contribution in [0.2, 0.25) is 0 Å². The van der Waals surface area contributed by atoms with Crippen LogP contribution in [0.5, 0.6) is 5.75 Å². The summed E-state index contributed by atoms with van der Waals surface area (Å²) in [5.74, 6) is -0.189. The van der Waals surface area contributed by atoms with Gasteiger partial charge in [-0.15, -0.1) is 12.3 Å².